The van der Waals surface area contributed by atoms with Crippen LogP contribution in [0.15, 0.2) is 52.4 Å². The minimum atomic E-state index is -0.500. The fourth-order valence-electron chi connectivity index (χ4n) is 3.13. The van der Waals surface area contributed by atoms with Crippen LogP contribution in [0.25, 0.3) is 11.3 Å². The quantitative estimate of drug-likeness (QED) is 0.394. The summed E-state index contributed by atoms with van der Waals surface area (Å²) in [5.41, 5.74) is 2.12. The average Bonchev–Trinajstić information content (AvgIpc) is 2.83. The normalized spacial score (nSPS) is 11.5. The lowest BCUT2D eigenvalue weighted by Crippen LogP contribution is -2.25. The maximum Gasteiger partial charge on any atom is 0.278 e. The van der Waals surface area contributed by atoms with Gasteiger partial charge in [-0.25, -0.2) is 0 Å². The lowest BCUT2D eigenvalue weighted by Gasteiger charge is -2.15. The lowest BCUT2D eigenvalue weighted by atomic mass is 10.1. The summed E-state index contributed by atoms with van der Waals surface area (Å²) in [5, 5.41) is 13.6. The van der Waals surface area contributed by atoms with Gasteiger partial charge in [-0.05, 0) is 37.6 Å². The molecule has 3 rings (SSSR count). The van der Waals surface area contributed by atoms with E-state index in [1.807, 2.05) is 19.9 Å². The van der Waals surface area contributed by atoms with Crippen molar-refractivity contribution in [1.29, 1.82) is 0 Å². The van der Waals surface area contributed by atoms with Crippen LogP contribution in [0.4, 0.5) is 11.4 Å². The van der Waals surface area contributed by atoms with Crippen molar-refractivity contribution in [3.63, 3.8) is 0 Å². The van der Waals surface area contributed by atoms with Gasteiger partial charge in [0.2, 0.25) is 11.8 Å². The maximum absolute atomic E-state index is 12.9. The predicted molar refractivity (Wildman–Crippen MR) is 133 cm³/mol. The van der Waals surface area contributed by atoms with E-state index in [0.717, 1.165) is 17.3 Å². The van der Waals surface area contributed by atoms with Crippen molar-refractivity contribution in [2.24, 2.45) is 0 Å². The Bertz CT molecular complexity index is 1240. The molecule has 34 heavy (non-hydrogen) atoms. The number of amides is 2. The number of nitrogens with one attached hydrogen (secondary N) is 3. The molecule has 0 radical (unpaired) electrons. The summed E-state index contributed by atoms with van der Waals surface area (Å²) < 4.78 is 5.19. The van der Waals surface area contributed by atoms with Gasteiger partial charge in [-0.2, -0.15) is 0 Å². The Hall–Kier alpha value is -3.66. The predicted octanol–water partition coefficient (Wildman–Crippen LogP) is 4.01. The average molecular weight is 482 g/mol. The van der Waals surface area contributed by atoms with Crippen LogP contribution in [0.1, 0.15) is 32.3 Å². The van der Waals surface area contributed by atoms with E-state index in [2.05, 4.69) is 25.8 Å². The van der Waals surface area contributed by atoms with Gasteiger partial charge in [0.25, 0.3) is 5.56 Å². The fraction of sp³-hybridized carbons (Fsp3) is 0.292. The maximum atomic E-state index is 12.9. The van der Waals surface area contributed by atoms with E-state index in [9.17, 15) is 14.4 Å². The molecule has 1 heterocycles. The highest BCUT2D eigenvalue weighted by molar-refractivity contribution is 8.00. The molecule has 0 aliphatic heterocycles. The lowest BCUT2D eigenvalue weighted by molar-refractivity contribution is -0.116. The summed E-state index contributed by atoms with van der Waals surface area (Å²) in [6, 6.07) is 12.4. The summed E-state index contributed by atoms with van der Waals surface area (Å²) in [4.78, 5) is 40.2. The molecule has 1 unspecified atom stereocenters. The van der Waals surface area contributed by atoms with Crippen LogP contribution in [-0.4, -0.2) is 39.4 Å². The first-order valence-electron chi connectivity index (χ1n) is 10.8. The van der Waals surface area contributed by atoms with Crippen molar-refractivity contribution in [2.75, 3.05) is 17.7 Å². The van der Waals surface area contributed by atoms with Crippen LogP contribution >= 0.6 is 11.8 Å². The second-order valence-electron chi connectivity index (χ2n) is 7.49. The summed E-state index contributed by atoms with van der Waals surface area (Å²) in [7, 11) is 1.56. The highest BCUT2D eigenvalue weighted by atomic mass is 32.2. The molecular weight excluding hydrogens is 454 g/mol. The van der Waals surface area contributed by atoms with E-state index in [1.165, 1.54) is 0 Å². The van der Waals surface area contributed by atoms with Crippen LogP contribution < -0.4 is 20.9 Å². The molecule has 0 saturated carbocycles. The molecule has 1 aromatic heterocycles. The van der Waals surface area contributed by atoms with Crippen LogP contribution in [0, 0.1) is 6.92 Å². The molecule has 178 valence electrons. The van der Waals surface area contributed by atoms with E-state index in [1.54, 1.807) is 50.4 Å². The van der Waals surface area contributed by atoms with Gasteiger partial charge in [0.15, 0.2) is 10.9 Å². The number of H-pyrrole nitrogens is 1. The third-order valence-electron chi connectivity index (χ3n) is 4.96. The number of anilines is 2. The van der Waals surface area contributed by atoms with E-state index in [-0.39, 0.29) is 22.7 Å². The Kier molecular flexibility index (Phi) is 8.42. The minimum absolute atomic E-state index is 0.0910. The first-order chi connectivity index (χ1) is 16.3. The zero-order valence-corrected chi connectivity index (χ0v) is 20.3. The fourth-order valence-corrected chi connectivity index (χ4v) is 3.98. The Morgan fingerprint density at radius 1 is 1.12 bits per heavy atom. The Balaban J connectivity index is 1.80. The van der Waals surface area contributed by atoms with Crippen LogP contribution in [0.2, 0.25) is 0 Å². The molecule has 0 fully saturated rings. The van der Waals surface area contributed by atoms with Crippen molar-refractivity contribution in [3.8, 4) is 17.0 Å². The molecule has 1 atom stereocenters. The first-order valence-corrected chi connectivity index (χ1v) is 11.7. The number of carbonyl (C=O) groups is 2. The van der Waals surface area contributed by atoms with E-state index >= 15 is 0 Å². The highest BCUT2D eigenvalue weighted by Crippen LogP contribution is 2.27. The van der Waals surface area contributed by atoms with Gasteiger partial charge in [0, 0.05) is 23.7 Å². The number of hydrogen-bond acceptors (Lipinski definition) is 7. The van der Waals surface area contributed by atoms with E-state index < -0.39 is 10.8 Å². The molecule has 0 aliphatic rings. The zero-order chi connectivity index (χ0) is 24.7. The number of nitrogens with zero attached hydrogens (tertiary/aromatic N) is 2. The standard InChI is InChI=1S/C24H27N5O4S/c1-5-19(22(31)25-15-8-7-9-16(13-15)33-4)34-24-27-23(32)21(28-29-24)17-12-14(3)10-11-18(17)26-20(30)6-2/h7-13,19H,5-6H2,1-4H3,(H,25,31)(H,26,30)(H,27,29,32). The number of hydrogen-bond donors (Lipinski definition) is 3. The molecule has 0 spiro atoms. The summed E-state index contributed by atoms with van der Waals surface area (Å²) in [6.45, 7) is 5.50. The third kappa shape index (κ3) is 6.22. The molecule has 3 N–H and O–H groups in total. The van der Waals surface area contributed by atoms with Gasteiger partial charge in [0.05, 0.1) is 18.0 Å². The molecule has 0 aliphatic carbocycles. The third-order valence-corrected chi connectivity index (χ3v) is 6.20. The van der Waals surface area contributed by atoms with Gasteiger partial charge in [-0.3, -0.25) is 19.4 Å². The number of benzene rings is 2. The summed E-state index contributed by atoms with van der Waals surface area (Å²) >= 11 is 1.12. The van der Waals surface area contributed by atoms with Crippen LogP contribution in [-0.2, 0) is 9.59 Å². The largest absolute Gasteiger partial charge is 0.497 e. The summed E-state index contributed by atoms with van der Waals surface area (Å²) in [5.74, 6) is 0.236. The van der Waals surface area contributed by atoms with Crippen molar-refractivity contribution in [2.45, 2.75) is 44.0 Å². The van der Waals surface area contributed by atoms with Gasteiger partial charge in [-0.1, -0.05) is 43.3 Å². The molecule has 9 nitrogen and oxygen atoms in total. The number of rotatable bonds is 9. The van der Waals surface area contributed by atoms with Crippen molar-refractivity contribution in [1.82, 2.24) is 15.2 Å². The number of aromatic amines is 1. The van der Waals surface area contributed by atoms with Gasteiger partial charge in [0.1, 0.15) is 5.75 Å². The minimum Gasteiger partial charge on any atom is -0.497 e. The van der Waals surface area contributed by atoms with Gasteiger partial charge < -0.3 is 15.4 Å². The van der Waals surface area contributed by atoms with Crippen molar-refractivity contribution >= 4 is 35.0 Å². The molecule has 2 amide bonds. The highest BCUT2D eigenvalue weighted by Gasteiger charge is 2.21. The van der Waals surface area contributed by atoms with Crippen molar-refractivity contribution in [3.05, 3.63) is 58.4 Å². The summed E-state index contributed by atoms with van der Waals surface area (Å²) in [6.07, 6.45) is 0.818. The monoisotopic (exact) mass is 481 g/mol. The Morgan fingerprint density at radius 3 is 2.59 bits per heavy atom. The molecule has 0 bridgehead atoms. The second kappa shape index (κ2) is 11.5. The number of ether oxygens (including phenoxy) is 1. The molecule has 3 aromatic rings. The number of aromatic nitrogens is 3. The van der Waals surface area contributed by atoms with Crippen molar-refractivity contribution < 1.29 is 14.3 Å². The van der Waals surface area contributed by atoms with E-state index in [4.69, 9.17) is 4.74 Å². The smallest absolute Gasteiger partial charge is 0.278 e. The SMILES string of the molecule is CCC(=O)Nc1ccc(C)cc1-c1nnc(SC(CC)C(=O)Nc2cccc(OC)c2)[nH]c1=O. The number of thioether (sulfide) groups is 1. The second-order valence-corrected chi connectivity index (χ2v) is 8.69. The molecule has 10 heteroatoms. The topological polar surface area (TPSA) is 126 Å². The van der Waals surface area contributed by atoms with Crippen LogP contribution in [0.5, 0.6) is 5.75 Å². The van der Waals surface area contributed by atoms with Gasteiger partial charge >= 0.3 is 0 Å². The Morgan fingerprint density at radius 2 is 1.91 bits per heavy atom. The van der Waals surface area contributed by atoms with E-state index in [0.29, 0.717) is 35.5 Å². The number of aryl methyl sites for hydroxylation is 1. The zero-order valence-electron chi connectivity index (χ0n) is 19.5. The molecule has 2 aromatic carbocycles. The van der Waals surface area contributed by atoms with Crippen LogP contribution in [0.3, 0.4) is 0 Å². The van der Waals surface area contributed by atoms with Gasteiger partial charge in [-0.15, -0.1) is 10.2 Å². The first kappa shape index (κ1) is 25.0. The molecule has 0 saturated heterocycles. The Labute approximate surface area is 201 Å². The number of carbonyl (C=O) groups excluding carboxylic acids is 2. The molecular formula is C24H27N5O4S. The number of methoxy groups -OCH3 is 1.